The van der Waals surface area contributed by atoms with E-state index < -0.39 is 5.97 Å². The Hall–Kier alpha value is -4.72. The van der Waals surface area contributed by atoms with Gasteiger partial charge in [0.05, 0.1) is 44.7 Å². The fourth-order valence-electron chi connectivity index (χ4n) is 5.98. The predicted octanol–water partition coefficient (Wildman–Crippen LogP) is 4.97. The summed E-state index contributed by atoms with van der Waals surface area (Å²) in [5.74, 6) is -0.242. The molecule has 0 radical (unpaired) electrons. The molecule has 6 rings (SSSR count). The number of nitrogens with zero attached hydrogens (tertiary/aromatic N) is 5. The lowest BCUT2D eigenvalue weighted by Gasteiger charge is -2.43. The Bertz CT molecular complexity index is 1720. The minimum atomic E-state index is -0.561. The summed E-state index contributed by atoms with van der Waals surface area (Å²) in [4.78, 5) is 26.5. The molecule has 1 N–H and O–H groups in total. The van der Waals surface area contributed by atoms with Crippen molar-refractivity contribution in [3.05, 3.63) is 77.1 Å². The molecule has 0 aliphatic carbocycles. The first-order valence-corrected chi connectivity index (χ1v) is 14.8. The summed E-state index contributed by atoms with van der Waals surface area (Å²) in [6, 6.07) is 20.7. The van der Waals surface area contributed by atoms with E-state index in [1.54, 1.807) is 12.1 Å². The Morgan fingerprint density at radius 2 is 1.80 bits per heavy atom. The standard InChI is InChI=1S/C34H36N6O4/c1-21-15-26(22(2)36-29-9-10-32(42-3)38-33(29)34(41)43-4)28-17-27(31(18-35)37-30(28)16-21)23-5-7-24(8-6-23)39-11-13-40(14-12-39)25-19-44-20-25/h5-10,15-17,22,25,36H,11-14,19-20H2,1-4H3. The normalized spacial score (nSPS) is 16.2. The molecule has 2 aromatic heterocycles. The van der Waals surface area contributed by atoms with Crippen molar-refractivity contribution in [3.63, 3.8) is 0 Å². The van der Waals surface area contributed by atoms with Gasteiger partial charge in [0, 0.05) is 54.9 Å². The lowest BCUT2D eigenvalue weighted by atomic mass is 9.95. The maximum Gasteiger partial charge on any atom is 0.358 e. The summed E-state index contributed by atoms with van der Waals surface area (Å²) in [6.07, 6.45) is 0. The number of anilines is 2. The van der Waals surface area contributed by atoms with Crippen molar-refractivity contribution in [2.45, 2.75) is 25.9 Å². The van der Waals surface area contributed by atoms with Crippen LogP contribution in [-0.4, -0.2) is 80.5 Å². The fraction of sp³-hybridized carbons (Fsp3) is 0.353. The summed E-state index contributed by atoms with van der Waals surface area (Å²) >= 11 is 0. The molecule has 44 heavy (non-hydrogen) atoms. The molecule has 1 unspecified atom stereocenters. The minimum Gasteiger partial charge on any atom is -0.481 e. The summed E-state index contributed by atoms with van der Waals surface area (Å²) in [6.45, 7) is 9.74. The molecule has 4 aromatic rings. The van der Waals surface area contributed by atoms with Crippen molar-refractivity contribution in [1.29, 1.82) is 5.26 Å². The van der Waals surface area contributed by atoms with Crippen LogP contribution in [0.2, 0.25) is 0 Å². The molecule has 10 heteroatoms. The van der Waals surface area contributed by atoms with E-state index in [-0.39, 0.29) is 11.7 Å². The maximum absolute atomic E-state index is 12.5. The first-order chi connectivity index (χ1) is 21.4. The SMILES string of the molecule is COC(=O)c1nc(OC)ccc1NC(C)c1cc(C)cc2nc(C#N)c(-c3ccc(N4CCN(C5COC5)CC4)cc3)cc12. The zero-order chi connectivity index (χ0) is 30.8. The molecule has 2 aliphatic heterocycles. The van der Waals surface area contributed by atoms with Crippen LogP contribution in [-0.2, 0) is 9.47 Å². The molecular formula is C34H36N6O4. The van der Waals surface area contributed by atoms with Gasteiger partial charge in [-0.2, -0.15) is 5.26 Å². The number of ether oxygens (including phenoxy) is 3. The molecule has 4 heterocycles. The number of pyridine rings is 2. The van der Waals surface area contributed by atoms with Gasteiger partial charge in [-0.05, 0) is 60.9 Å². The zero-order valence-corrected chi connectivity index (χ0v) is 25.5. The van der Waals surface area contributed by atoms with Crippen LogP contribution in [0.1, 0.15) is 40.3 Å². The maximum atomic E-state index is 12.5. The van der Waals surface area contributed by atoms with Gasteiger partial charge in [0.15, 0.2) is 5.69 Å². The number of aromatic nitrogens is 2. The molecule has 0 spiro atoms. The minimum absolute atomic E-state index is 0.139. The summed E-state index contributed by atoms with van der Waals surface area (Å²) in [5, 5.41) is 14.4. The molecule has 0 bridgehead atoms. The molecule has 2 fully saturated rings. The van der Waals surface area contributed by atoms with Crippen LogP contribution >= 0.6 is 0 Å². The second-order valence-corrected chi connectivity index (χ2v) is 11.3. The topological polar surface area (TPSA) is 113 Å². The molecule has 1 atom stereocenters. The quantitative estimate of drug-likeness (QED) is 0.282. The first-order valence-electron chi connectivity index (χ1n) is 14.8. The van der Waals surface area contributed by atoms with E-state index in [0.717, 1.165) is 72.5 Å². The molecule has 10 nitrogen and oxygen atoms in total. The average Bonchev–Trinajstić information content (AvgIpc) is 3.03. The van der Waals surface area contributed by atoms with Crippen LogP contribution < -0.4 is 15.0 Å². The van der Waals surface area contributed by atoms with Gasteiger partial charge in [-0.3, -0.25) is 4.90 Å². The number of methoxy groups -OCH3 is 2. The van der Waals surface area contributed by atoms with E-state index in [9.17, 15) is 10.1 Å². The second-order valence-electron chi connectivity index (χ2n) is 11.3. The lowest BCUT2D eigenvalue weighted by molar-refractivity contribution is -0.0660. The van der Waals surface area contributed by atoms with Crippen LogP contribution in [0.5, 0.6) is 5.88 Å². The van der Waals surface area contributed by atoms with E-state index in [0.29, 0.717) is 23.3 Å². The van der Waals surface area contributed by atoms with E-state index >= 15 is 0 Å². The third kappa shape index (κ3) is 5.76. The fourth-order valence-corrected chi connectivity index (χ4v) is 5.98. The Balaban J connectivity index is 1.30. The van der Waals surface area contributed by atoms with Crippen molar-refractivity contribution >= 4 is 28.2 Å². The highest BCUT2D eigenvalue weighted by Gasteiger charge is 2.29. The van der Waals surface area contributed by atoms with Crippen LogP contribution in [0.25, 0.3) is 22.0 Å². The van der Waals surface area contributed by atoms with Gasteiger partial charge in [-0.1, -0.05) is 18.2 Å². The van der Waals surface area contributed by atoms with Gasteiger partial charge < -0.3 is 24.4 Å². The number of nitrogens with one attached hydrogen (secondary N) is 1. The molecule has 0 saturated carbocycles. The van der Waals surface area contributed by atoms with Crippen LogP contribution in [0, 0.1) is 18.3 Å². The number of esters is 1. The monoisotopic (exact) mass is 592 g/mol. The van der Waals surface area contributed by atoms with Gasteiger partial charge >= 0.3 is 5.97 Å². The highest BCUT2D eigenvalue weighted by atomic mass is 16.5. The van der Waals surface area contributed by atoms with E-state index in [4.69, 9.17) is 19.2 Å². The van der Waals surface area contributed by atoms with Gasteiger partial charge in [-0.25, -0.2) is 14.8 Å². The second kappa shape index (κ2) is 12.5. The first kappa shape index (κ1) is 29.4. The van der Waals surface area contributed by atoms with Gasteiger partial charge in [0.2, 0.25) is 5.88 Å². The largest absolute Gasteiger partial charge is 0.481 e. The van der Waals surface area contributed by atoms with Crippen LogP contribution in [0.15, 0.2) is 54.6 Å². The molecule has 2 aromatic carbocycles. The van der Waals surface area contributed by atoms with Crippen LogP contribution in [0.4, 0.5) is 11.4 Å². The number of nitriles is 1. The number of aryl methyl sites for hydroxylation is 1. The molecule has 0 amide bonds. The van der Waals surface area contributed by atoms with Crippen molar-refractivity contribution in [1.82, 2.24) is 14.9 Å². The van der Waals surface area contributed by atoms with Gasteiger partial charge in [0.25, 0.3) is 0 Å². The number of hydrogen-bond acceptors (Lipinski definition) is 10. The van der Waals surface area contributed by atoms with Crippen molar-refractivity contribution in [2.24, 2.45) is 0 Å². The van der Waals surface area contributed by atoms with Crippen molar-refractivity contribution in [2.75, 3.05) is 63.8 Å². The van der Waals surface area contributed by atoms with E-state index in [1.165, 1.54) is 19.9 Å². The summed E-state index contributed by atoms with van der Waals surface area (Å²) in [5.41, 5.74) is 6.67. The predicted molar refractivity (Wildman–Crippen MR) is 169 cm³/mol. The Kier molecular flexibility index (Phi) is 8.33. The van der Waals surface area contributed by atoms with Gasteiger partial charge in [-0.15, -0.1) is 0 Å². The molecule has 2 saturated heterocycles. The summed E-state index contributed by atoms with van der Waals surface area (Å²) < 4.78 is 15.5. The van der Waals surface area contributed by atoms with E-state index in [1.807, 2.05) is 19.9 Å². The molecular weight excluding hydrogens is 556 g/mol. The third-order valence-electron chi connectivity index (χ3n) is 8.51. The van der Waals surface area contributed by atoms with Gasteiger partial charge in [0.1, 0.15) is 11.8 Å². The highest BCUT2D eigenvalue weighted by Crippen LogP contribution is 2.34. The number of rotatable bonds is 8. The lowest BCUT2D eigenvalue weighted by Crippen LogP contribution is -2.56. The van der Waals surface area contributed by atoms with E-state index in [2.05, 4.69) is 62.6 Å². The number of carbonyl (C=O) groups excluding carboxylic acids is 1. The number of fused-ring (bicyclic) bond motifs is 1. The smallest absolute Gasteiger partial charge is 0.358 e. The number of benzene rings is 2. The van der Waals surface area contributed by atoms with Crippen molar-refractivity contribution < 1.29 is 19.0 Å². The average molecular weight is 593 g/mol. The Morgan fingerprint density at radius 3 is 2.43 bits per heavy atom. The summed E-state index contributed by atoms with van der Waals surface area (Å²) in [7, 11) is 2.82. The number of piperazine rings is 1. The number of hydrogen-bond donors (Lipinski definition) is 1. The third-order valence-corrected chi connectivity index (χ3v) is 8.51. The van der Waals surface area contributed by atoms with Crippen LogP contribution in [0.3, 0.4) is 0 Å². The Morgan fingerprint density at radius 1 is 1.05 bits per heavy atom. The molecule has 226 valence electrons. The van der Waals surface area contributed by atoms with Crippen molar-refractivity contribution in [3.8, 4) is 23.1 Å². The molecule has 2 aliphatic rings. The Labute approximate surface area is 257 Å². The zero-order valence-electron chi connectivity index (χ0n) is 25.5. The highest BCUT2D eigenvalue weighted by molar-refractivity contribution is 5.94. The number of carbonyl (C=O) groups is 1.